The molecule has 0 heterocycles. The monoisotopic (exact) mass is 375 g/mol. The average Bonchev–Trinajstić information content (AvgIpc) is 2.56. The average molecular weight is 376 g/mol. The lowest BCUT2D eigenvalue weighted by Crippen LogP contribution is -2.46. The second-order valence-electron chi connectivity index (χ2n) is 7.82. The second-order valence-corrected chi connectivity index (χ2v) is 7.82. The van der Waals surface area contributed by atoms with E-state index in [9.17, 15) is 4.79 Å². The maximum absolute atomic E-state index is 12.2. The number of carbonyl (C=O) groups is 1. The van der Waals surface area contributed by atoms with E-state index in [2.05, 4.69) is 31.0 Å². The summed E-state index contributed by atoms with van der Waals surface area (Å²) in [7, 11) is 0. The fraction of sp³-hybridized carbons (Fsp3) is 0.591. The third-order valence-corrected chi connectivity index (χ3v) is 3.52. The fourth-order valence-electron chi connectivity index (χ4n) is 2.48. The molecule has 0 saturated heterocycles. The number of amides is 1. The van der Waals surface area contributed by atoms with Gasteiger partial charge in [-0.05, 0) is 45.6 Å². The molecule has 1 unspecified atom stereocenters. The molecular formula is C22H33NO4. The number of carbonyl (C=O) groups excluding carboxylic acids is 1. The molecule has 0 bridgehead atoms. The minimum atomic E-state index is -0.557. The highest BCUT2D eigenvalue weighted by Gasteiger charge is 2.26. The van der Waals surface area contributed by atoms with Crippen molar-refractivity contribution in [1.82, 2.24) is 5.32 Å². The Balaban J connectivity index is 2.65. The van der Waals surface area contributed by atoms with Crippen molar-refractivity contribution < 1.29 is 19.0 Å². The minimum absolute atomic E-state index is 0.0961. The summed E-state index contributed by atoms with van der Waals surface area (Å²) >= 11 is 0. The molecule has 5 heteroatoms. The van der Waals surface area contributed by atoms with E-state index in [1.165, 1.54) is 0 Å². The predicted molar refractivity (Wildman–Crippen MR) is 107 cm³/mol. The number of nitrogens with one attached hydrogen (secondary N) is 1. The zero-order valence-electron chi connectivity index (χ0n) is 17.4. The Hall–Kier alpha value is -2.03. The topological polar surface area (TPSA) is 56.8 Å². The molecule has 0 saturated carbocycles. The van der Waals surface area contributed by atoms with Gasteiger partial charge in [0.2, 0.25) is 0 Å². The maximum Gasteiger partial charge on any atom is 0.407 e. The summed E-state index contributed by atoms with van der Waals surface area (Å²) in [5.41, 5.74) is 0.516. The molecule has 2 atom stereocenters. The van der Waals surface area contributed by atoms with Crippen LogP contribution in [0.15, 0.2) is 30.3 Å². The van der Waals surface area contributed by atoms with Crippen molar-refractivity contribution in [2.75, 3.05) is 6.79 Å². The first-order valence-electron chi connectivity index (χ1n) is 9.36. The highest BCUT2D eigenvalue weighted by atomic mass is 16.7. The van der Waals surface area contributed by atoms with Gasteiger partial charge in [0.1, 0.15) is 18.5 Å². The number of ether oxygens (including phenoxy) is 3. The summed E-state index contributed by atoms with van der Waals surface area (Å²) in [6.45, 7) is 12.0. The largest absolute Gasteiger partial charge is 0.444 e. The van der Waals surface area contributed by atoms with Crippen LogP contribution in [0.3, 0.4) is 0 Å². The van der Waals surface area contributed by atoms with Crippen LogP contribution in [0.25, 0.3) is 0 Å². The quantitative estimate of drug-likeness (QED) is 0.392. The lowest BCUT2D eigenvalue weighted by molar-refractivity contribution is -0.0894. The number of hydrogen-bond donors (Lipinski definition) is 1. The molecule has 1 rings (SSSR count). The van der Waals surface area contributed by atoms with Crippen LogP contribution in [0.1, 0.15) is 53.5 Å². The molecule has 0 spiro atoms. The van der Waals surface area contributed by atoms with Crippen LogP contribution in [0.2, 0.25) is 0 Å². The van der Waals surface area contributed by atoms with Gasteiger partial charge in [-0.25, -0.2) is 4.79 Å². The van der Waals surface area contributed by atoms with Crippen molar-refractivity contribution in [1.29, 1.82) is 0 Å². The van der Waals surface area contributed by atoms with Crippen LogP contribution in [0, 0.1) is 17.8 Å². The van der Waals surface area contributed by atoms with Gasteiger partial charge in [0, 0.05) is 0 Å². The summed E-state index contributed by atoms with van der Waals surface area (Å²) in [4.78, 5) is 12.2. The Labute approximate surface area is 163 Å². The Morgan fingerprint density at radius 2 is 1.85 bits per heavy atom. The van der Waals surface area contributed by atoms with Crippen molar-refractivity contribution in [3.63, 3.8) is 0 Å². The van der Waals surface area contributed by atoms with Gasteiger partial charge in [0.25, 0.3) is 0 Å². The van der Waals surface area contributed by atoms with E-state index in [0.29, 0.717) is 12.5 Å². The lowest BCUT2D eigenvalue weighted by atomic mass is 9.99. The van der Waals surface area contributed by atoms with Gasteiger partial charge in [-0.3, -0.25) is 0 Å². The van der Waals surface area contributed by atoms with E-state index in [0.717, 1.165) is 12.0 Å². The van der Waals surface area contributed by atoms with Gasteiger partial charge in [0.15, 0.2) is 0 Å². The first-order chi connectivity index (χ1) is 12.7. The van der Waals surface area contributed by atoms with Crippen molar-refractivity contribution in [2.24, 2.45) is 5.92 Å². The summed E-state index contributed by atoms with van der Waals surface area (Å²) < 4.78 is 16.8. The summed E-state index contributed by atoms with van der Waals surface area (Å²) in [6.07, 6.45) is -0.220. The number of benzene rings is 1. The van der Waals surface area contributed by atoms with Gasteiger partial charge in [-0.1, -0.05) is 50.1 Å². The standard InChI is InChI=1S/C22H33NO4/c1-7-11-20(26-16-25-15-18-12-9-8-10-13-18)19(14-17(2)3)23-21(24)27-22(4,5)6/h8-10,12-13,17,19-20H,14-16H2,1-6H3,(H,23,24)/t19-,20?/m0/s1. The van der Waals surface area contributed by atoms with Crippen LogP contribution in [0.4, 0.5) is 4.79 Å². The van der Waals surface area contributed by atoms with Gasteiger partial charge in [-0.15, -0.1) is 5.92 Å². The molecule has 0 aliphatic rings. The van der Waals surface area contributed by atoms with Gasteiger partial charge in [-0.2, -0.15) is 0 Å². The third kappa shape index (κ3) is 10.6. The van der Waals surface area contributed by atoms with E-state index in [1.807, 2.05) is 51.1 Å². The summed E-state index contributed by atoms with van der Waals surface area (Å²) in [5.74, 6) is 6.27. The third-order valence-electron chi connectivity index (χ3n) is 3.52. The molecule has 0 aliphatic carbocycles. The van der Waals surface area contributed by atoms with E-state index < -0.39 is 17.8 Å². The molecule has 0 aliphatic heterocycles. The smallest absolute Gasteiger partial charge is 0.407 e. The fourth-order valence-corrected chi connectivity index (χ4v) is 2.48. The van der Waals surface area contributed by atoms with Crippen LogP contribution < -0.4 is 5.32 Å². The van der Waals surface area contributed by atoms with Crippen LogP contribution in [0.5, 0.6) is 0 Å². The molecule has 5 nitrogen and oxygen atoms in total. The predicted octanol–water partition coefficient (Wildman–Crippen LogP) is 4.51. The molecule has 0 aromatic heterocycles. The zero-order chi connectivity index (χ0) is 20.3. The Kier molecular flexibility index (Phi) is 9.92. The molecule has 1 N–H and O–H groups in total. The van der Waals surface area contributed by atoms with Crippen LogP contribution >= 0.6 is 0 Å². The number of rotatable bonds is 9. The van der Waals surface area contributed by atoms with Gasteiger partial charge in [0.05, 0.1) is 12.6 Å². The molecular weight excluding hydrogens is 342 g/mol. The van der Waals surface area contributed by atoms with Gasteiger partial charge >= 0.3 is 6.09 Å². The zero-order valence-corrected chi connectivity index (χ0v) is 17.4. The first-order valence-corrected chi connectivity index (χ1v) is 9.36. The highest BCUT2D eigenvalue weighted by Crippen LogP contribution is 2.14. The van der Waals surface area contributed by atoms with Gasteiger partial charge < -0.3 is 19.5 Å². The molecule has 1 aromatic rings. The molecule has 1 aromatic carbocycles. The van der Waals surface area contributed by atoms with Crippen molar-refractivity contribution >= 4 is 6.09 Å². The Bertz CT molecular complexity index is 611. The van der Waals surface area contributed by atoms with E-state index in [4.69, 9.17) is 14.2 Å². The Morgan fingerprint density at radius 3 is 2.41 bits per heavy atom. The number of alkyl carbamates (subject to hydrolysis) is 1. The molecule has 27 heavy (non-hydrogen) atoms. The summed E-state index contributed by atoms with van der Waals surface area (Å²) in [6, 6.07) is 9.60. The van der Waals surface area contributed by atoms with E-state index >= 15 is 0 Å². The molecule has 0 radical (unpaired) electrons. The lowest BCUT2D eigenvalue weighted by Gasteiger charge is -2.28. The van der Waals surface area contributed by atoms with Crippen LogP contribution in [-0.4, -0.2) is 30.6 Å². The van der Waals surface area contributed by atoms with Crippen molar-refractivity contribution in [2.45, 2.75) is 72.3 Å². The first kappa shape index (κ1) is 23.0. The molecule has 1 amide bonds. The normalized spacial score (nSPS) is 13.4. The van der Waals surface area contributed by atoms with E-state index in [1.54, 1.807) is 6.92 Å². The summed E-state index contributed by atoms with van der Waals surface area (Å²) in [5, 5.41) is 2.90. The number of hydrogen-bond acceptors (Lipinski definition) is 4. The minimum Gasteiger partial charge on any atom is -0.444 e. The van der Waals surface area contributed by atoms with Crippen molar-refractivity contribution in [3.05, 3.63) is 35.9 Å². The maximum atomic E-state index is 12.2. The molecule has 0 fully saturated rings. The van der Waals surface area contributed by atoms with Crippen LogP contribution in [-0.2, 0) is 20.8 Å². The molecule has 150 valence electrons. The Morgan fingerprint density at radius 1 is 1.19 bits per heavy atom. The van der Waals surface area contributed by atoms with E-state index in [-0.39, 0.29) is 12.8 Å². The van der Waals surface area contributed by atoms with Crippen molar-refractivity contribution in [3.8, 4) is 11.8 Å². The SMILES string of the molecule is CC#CC(OCOCc1ccccc1)[C@H](CC(C)C)NC(=O)OC(C)(C)C. The second kappa shape index (κ2) is 11.6. The highest BCUT2D eigenvalue weighted by molar-refractivity contribution is 5.68.